The molecule has 0 aliphatic carbocycles. The number of amides is 1. The van der Waals surface area contributed by atoms with Gasteiger partial charge in [0, 0.05) is 31.4 Å². The highest BCUT2D eigenvalue weighted by atomic mass is 16.1. The standard InChI is InChI=1S/C26H25N5O2/c1-18-29-23-7-3-2-6-22(23)26(33)31(18)21-10-8-20(9-11-21)25(32)28-17-19-12-13-27-24(16-19)30-14-4-5-15-30/h2-3,6-13,16H,4-5,14-15,17H2,1H3,(H,28,32). The minimum absolute atomic E-state index is 0.123. The van der Waals surface area contributed by atoms with Crippen molar-refractivity contribution >= 4 is 22.6 Å². The van der Waals surface area contributed by atoms with Crippen molar-refractivity contribution in [2.75, 3.05) is 18.0 Å². The van der Waals surface area contributed by atoms with E-state index in [4.69, 9.17) is 0 Å². The fourth-order valence-corrected chi connectivity index (χ4v) is 4.28. The summed E-state index contributed by atoms with van der Waals surface area (Å²) >= 11 is 0. The molecule has 1 saturated heterocycles. The predicted octanol–water partition coefficient (Wildman–Crippen LogP) is 3.62. The van der Waals surface area contributed by atoms with Crippen molar-refractivity contribution in [1.82, 2.24) is 19.9 Å². The molecule has 0 bridgehead atoms. The summed E-state index contributed by atoms with van der Waals surface area (Å²) in [5.41, 5.74) is 2.78. The van der Waals surface area contributed by atoms with Gasteiger partial charge in [-0.2, -0.15) is 0 Å². The highest BCUT2D eigenvalue weighted by Crippen LogP contribution is 2.19. The number of rotatable bonds is 5. The fraction of sp³-hybridized carbons (Fsp3) is 0.231. The maximum atomic E-state index is 13.0. The first kappa shape index (κ1) is 20.9. The Morgan fingerprint density at radius 2 is 1.79 bits per heavy atom. The minimum atomic E-state index is -0.165. The molecule has 0 radical (unpaired) electrons. The van der Waals surface area contributed by atoms with Crippen LogP contribution in [0.4, 0.5) is 5.82 Å². The first-order chi connectivity index (χ1) is 16.1. The lowest BCUT2D eigenvalue weighted by Crippen LogP contribution is -2.24. The molecule has 0 atom stereocenters. The molecule has 4 aromatic rings. The van der Waals surface area contributed by atoms with E-state index in [1.165, 1.54) is 12.8 Å². The summed E-state index contributed by atoms with van der Waals surface area (Å²) in [4.78, 5) is 37.0. The van der Waals surface area contributed by atoms with Crippen molar-refractivity contribution in [3.05, 3.63) is 94.2 Å². The number of anilines is 1. The summed E-state index contributed by atoms with van der Waals surface area (Å²) in [7, 11) is 0. The van der Waals surface area contributed by atoms with Gasteiger partial charge in [-0.15, -0.1) is 0 Å². The van der Waals surface area contributed by atoms with Crippen LogP contribution < -0.4 is 15.8 Å². The van der Waals surface area contributed by atoms with Crippen LogP contribution in [-0.2, 0) is 6.54 Å². The molecule has 2 aromatic carbocycles. The number of carbonyl (C=O) groups excluding carboxylic acids is 1. The Hall–Kier alpha value is -4.00. The van der Waals surface area contributed by atoms with E-state index in [-0.39, 0.29) is 11.5 Å². The van der Waals surface area contributed by atoms with Crippen molar-refractivity contribution in [3.8, 4) is 5.69 Å². The molecule has 0 spiro atoms. The van der Waals surface area contributed by atoms with E-state index in [1.807, 2.05) is 30.3 Å². The Morgan fingerprint density at radius 1 is 1.03 bits per heavy atom. The van der Waals surface area contributed by atoms with Gasteiger partial charge in [0.2, 0.25) is 0 Å². The second-order valence-corrected chi connectivity index (χ2v) is 8.26. The van der Waals surface area contributed by atoms with E-state index in [0.29, 0.717) is 34.5 Å². The first-order valence-corrected chi connectivity index (χ1v) is 11.2. The van der Waals surface area contributed by atoms with Crippen molar-refractivity contribution < 1.29 is 4.79 Å². The summed E-state index contributed by atoms with van der Waals surface area (Å²) in [6.07, 6.45) is 4.18. The molecule has 1 fully saturated rings. The number of nitrogens with one attached hydrogen (secondary N) is 1. The van der Waals surface area contributed by atoms with Gasteiger partial charge >= 0.3 is 0 Å². The molecule has 7 nitrogen and oxygen atoms in total. The third kappa shape index (κ3) is 4.22. The Morgan fingerprint density at radius 3 is 2.58 bits per heavy atom. The molecule has 33 heavy (non-hydrogen) atoms. The molecule has 1 aliphatic rings. The molecule has 0 unspecified atom stereocenters. The zero-order chi connectivity index (χ0) is 22.8. The molecule has 5 rings (SSSR count). The Bertz CT molecular complexity index is 1370. The van der Waals surface area contributed by atoms with Crippen molar-refractivity contribution in [2.24, 2.45) is 0 Å². The first-order valence-electron chi connectivity index (χ1n) is 11.2. The van der Waals surface area contributed by atoms with Crippen LogP contribution in [0.3, 0.4) is 0 Å². The zero-order valence-corrected chi connectivity index (χ0v) is 18.5. The molecular weight excluding hydrogens is 414 g/mol. The maximum absolute atomic E-state index is 13.0. The molecule has 3 heterocycles. The SMILES string of the molecule is Cc1nc2ccccc2c(=O)n1-c1ccc(C(=O)NCc2ccnc(N3CCCC3)c2)cc1. The molecule has 1 N–H and O–H groups in total. The van der Waals surface area contributed by atoms with E-state index in [9.17, 15) is 9.59 Å². The number of carbonyl (C=O) groups is 1. The van der Waals surface area contributed by atoms with Crippen LogP contribution in [0.2, 0.25) is 0 Å². The predicted molar refractivity (Wildman–Crippen MR) is 129 cm³/mol. The van der Waals surface area contributed by atoms with Crippen LogP contribution in [0.15, 0.2) is 71.7 Å². The average molecular weight is 440 g/mol. The summed E-state index contributed by atoms with van der Waals surface area (Å²) in [6, 6.07) is 18.3. The highest BCUT2D eigenvalue weighted by molar-refractivity contribution is 5.94. The molecule has 7 heteroatoms. The molecule has 166 valence electrons. The zero-order valence-electron chi connectivity index (χ0n) is 18.5. The topological polar surface area (TPSA) is 80.1 Å². The van der Waals surface area contributed by atoms with Crippen molar-refractivity contribution in [2.45, 2.75) is 26.3 Å². The summed E-state index contributed by atoms with van der Waals surface area (Å²) in [6.45, 7) is 4.30. The third-order valence-electron chi connectivity index (χ3n) is 6.02. The maximum Gasteiger partial charge on any atom is 0.265 e. The van der Waals surface area contributed by atoms with Gasteiger partial charge in [-0.3, -0.25) is 14.2 Å². The fourth-order valence-electron chi connectivity index (χ4n) is 4.28. The van der Waals surface area contributed by atoms with Gasteiger partial charge in [-0.25, -0.2) is 9.97 Å². The summed E-state index contributed by atoms with van der Waals surface area (Å²) in [5.74, 6) is 1.40. The normalized spacial score (nSPS) is 13.4. The van der Waals surface area contributed by atoms with Crippen LogP contribution >= 0.6 is 0 Å². The number of fused-ring (bicyclic) bond motifs is 1. The van der Waals surface area contributed by atoms with Crippen LogP contribution in [-0.4, -0.2) is 33.5 Å². The summed E-state index contributed by atoms with van der Waals surface area (Å²) in [5, 5.41) is 3.54. The lowest BCUT2D eigenvalue weighted by atomic mass is 10.1. The Kier molecular flexibility index (Phi) is 5.60. The van der Waals surface area contributed by atoms with Gasteiger partial charge in [-0.1, -0.05) is 12.1 Å². The average Bonchev–Trinajstić information content (AvgIpc) is 3.38. The largest absolute Gasteiger partial charge is 0.357 e. The van der Waals surface area contributed by atoms with Gasteiger partial charge in [0.25, 0.3) is 11.5 Å². The van der Waals surface area contributed by atoms with Crippen molar-refractivity contribution in [3.63, 3.8) is 0 Å². The lowest BCUT2D eigenvalue weighted by molar-refractivity contribution is 0.0951. The van der Waals surface area contributed by atoms with Crippen LogP contribution in [0.5, 0.6) is 0 Å². The molecule has 1 aliphatic heterocycles. The van der Waals surface area contributed by atoms with Crippen LogP contribution in [0.25, 0.3) is 16.6 Å². The van der Waals surface area contributed by atoms with Gasteiger partial charge in [0.1, 0.15) is 11.6 Å². The van der Waals surface area contributed by atoms with E-state index in [2.05, 4.69) is 20.2 Å². The number of benzene rings is 2. The number of aromatic nitrogens is 3. The van der Waals surface area contributed by atoms with E-state index in [1.54, 1.807) is 48.0 Å². The number of nitrogens with zero attached hydrogens (tertiary/aromatic N) is 4. The summed E-state index contributed by atoms with van der Waals surface area (Å²) < 4.78 is 1.57. The molecular formula is C26H25N5O2. The van der Waals surface area contributed by atoms with Crippen molar-refractivity contribution in [1.29, 1.82) is 0 Å². The molecule has 0 saturated carbocycles. The number of pyridine rings is 1. The Balaban J connectivity index is 1.31. The second kappa shape index (κ2) is 8.86. The number of hydrogen-bond acceptors (Lipinski definition) is 5. The number of hydrogen-bond donors (Lipinski definition) is 1. The smallest absolute Gasteiger partial charge is 0.265 e. The molecule has 2 aromatic heterocycles. The second-order valence-electron chi connectivity index (χ2n) is 8.26. The highest BCUT2D eigenvalue weighted by Gasteiger charge is 2.14. The van der Waals surface area contributed by atoms with Gasteiger partial charge in [0.05, 0.1) is 16.6 Å². The monoisotopic (exact) mass is 439 g/mol. The number of para-hydroxylation sites is 1. The van der Waals surface area contributed by atoms with E-state index >= 15 is 0 Å². The number of aryl methyl sites for hydroxylation is 1. The van der Waals surface area contributed by atoms with Gasteiger partial charge in [0.15, 0.2) is 0 Å². The minimum Gasteiger partial charge on any atom is -0.357 e. The van der Waals surface area contributed by atoms with E-state index in [0.717, 1.165) is 24.5 Å². The van der Waals surface area contributed by atoms with Crippen LogP contribution in [0, 0.1) is 6.92 Å². The quantitative estimate of drug-likeness (QED) is 0.514. The third-order valence-corrected chi connectivity index (χ3v) is 6.02. The van der Waals surface area contributed by atoms with Gasteiger partial charge in [-0.05, 0) is 73.9 Å². The molecule has 1 amide bonds. The van der Waals surface area contributed by atoms with E-state index < -0.39 is 0 Å². The Labute approximate surface area is 191 Å². The van der Waals surface area contributed by atoms with Crippen LogP contribution in [0.1, 0.15) is 34.6 Å². The lowest BCUT2D eigenvalue weighted by Gasteiger charge is -2.17. The van der Waals surface area contributed by atoms with Gasteiger partial charge < -0.3 is 10.2 Å².